The van der Waals surface area contributed by atoms with Crippen LogP contribution in [0.3, 0.4) is 0 Å². The fraction of sp³-hybridized carbons (Fsp3) is 0.348. The Kier molecular flexibility index (Phi) is 5.09. The molecule has 0 bridgehead atoms. The number of methoxy groups -OCH3 is 1. The van der Waals surface area contributed by atoms with Gasteiger partial charge in [-0.05, 0) is 62.7 Å². The van der Waals surface area contributed by atoms with Gasteiger partial charge >= 0.3 is 5.97 Å². The molecule has 1 saturated heterocycles. The first-order valence-electron chi connectivity index (χ1n) is 9.83. The van der Waals surface area contributed by atoms with Crippen molar-refractivity contribution < 1.29 is 14.6 Å². The van der Waals surface area contributed by atoms with Crippen LogP contribution < -0.4 is 4.74 Å². The van der Waals surface area contributed by atoms with Gasteiger partial charge in [-0.3, -0.25) is 4.90 Å². The second kappa shape index (κ2) is 7.68. The summed E-state index contributed by atoms with van der Waals surface area (Å²) in [6, 6.07) is 13.5. The lowest BCUT2D eigenvalue weighted by molar-refractivity contribution is 0.0696. The fourth-order valence-electron chi connectivity index (χ4n) is 4.28. The highest BCUT2D eigenvalue weighted by atomic mass is 16.5. The van der Waals surface area contributed by atoms with Gasteiger partial charge in [0.15, 0.2) is 0 Å². The van der Waals surface area contributed by atoms with Crippen LogP contribution >= 0.6 is 0 Å². The third kappa shape index (κ3) is 3.27. The molecule has 0 spiro atoms. The average Bonchev–Trinajstić information content (AvgIpc) is 3.00. The van der Waals surface area contributed by atoms with Crippen LogP contribution in [0.4, 0.5) is 0 Å². The van der Waals surface area contributed by atoms with Crippen LogP contribution in [0.25, 0.3) is 16.6 Å². The SMILES string of the molecule is COc1cc(C(=O)O)ccc1-n1c(C)c(CN2CCCCC2)c2ccccc21. The van der Waals surface area contributed by atoms with E-state index < -0.39 is 5.97 Å². The molecule has 5 heteroatoms. The van der Waals surface area contributed by atoms with Crippen molar-refractivity contribution in [3.8, 4) is 11.4 Å². The second-order valence-corrected chi connectivity index (χ2v) is 7.45. The van der Waals surface area contributed by atoms with E-state index in [1.54, 1.807) is 19.2 Å². The number of aromatic carboxylic acids is 1. The van der Waals surface area contributed by atoms with E-state index in [4.69, 9.17) is 4.74 Å². The minimum Gasteiger partial charge on any atom is -0.495 e. The maximum absolute atomic E-state index is 11.4. The molecule has 1 aliphatic heterocycles. The lowest BCUT2D eigenvalue weighted by Crippen LogP contribution is -2.29. The maximum Gasteiger partial charge on any atom is 0.335 e. The average molecular weight is 378 g/mol. The molecule has 0 radical (unpaired) electrons. The standard InChI is InChI=1S/C23H26N2O3/c1-16-19(15-24-12-6-3-7-13-24)18-8-4-5-9-20(18)25(16)21-11-10-17(23(26)27)14-22(21)28-2/h4-5,8-11,14H,3,6-7,12-13,15H2,1-2H3,(H,26,27). The predicted molar refractivity (Wildman–Crippen MR) is 111 cm³/mol. The lowest BCUT2D eigenvalue weighted by atomic mass is 10.1. The van der Waals surface area contributed by atoms with Crippen molar-refractivity contribution in [2.45, 2.75) is 32.7 Å². The van der Waals surface area contributed by atoms with Crippen molar-refractivity contribution in [3.63, 3.8) is 0 Å². The van der Waals surface area contributed by atoms with Crippen molar-refractivity contribution >= 4 is 16.9 Å². The minimum absolute atomic E-state index is 0.225. The molecule has 0 saturated carbocycles. The maximum atomic E-state index is 11.4. The minimum atomic E-state index is -0.954. The van der Waals surface area contributed by atoms with Gasteiger partial charge in [-0.25, -0.2) is 4.79 Å². The zero-order chi connectivity index (χ0) is 19.7. The molecule has 1 N–H and O–H groups in total. The molecule has 28 heavy (non-hydrogen) atoms. The largest absolute Gasteiger partial charge is 0.495 e. The molecule has 0 atom stereocenters. The molecule has 2 aromatic carbocycles. The zero-order valence-electron chi connectivity index (χ0n) is 16.4. The van der Waals surface area contributed by atoms with Crippen LogP contribution in [-0.2, 0) is 6.54 Å². The van der Waals surface area contributed by atoms with Crippen LogP contribution in [0.5, 0.6) is 5.75 Å². The van der Waals surface area contributed by atoms with E-state index in [-0.39, 0.29) is 5.56 Å². The Bertz CT molecular complexity index is 1020. The van der Waals surface area contributed by atoms with Gasteiger partial charge in [0, 0.05) is 17.6 Å². The second-order valence-electron chi connectivity index (χ2n) is 7.45. The Morgan fingerprint density at radius 2 is 1.86 bits per heavy atom. The molecular formula is C23H26N2O3. The third-order valence-electron chi connectivity index (χ3n) is 5.74. The predicted octanol–water partition coefficient (Wildman–Crippen LogP) is 4.63. The molecule has 146 valence electrons. The number of likely N-dealkylation sites (tertiary alicyclic amines) is 1. The van der Waals surface area contributed by atoms with Crippen LogP contribution in [0.1, 0.15) is 40.9 Å². The highest BCUT2D eigenvalue weighted by Gasteiger charge is 2.21. The van der Waals surface area contributed by atoms with Gasteiger partial charge in [0.2, 0.25) is 0 Å². The van der Waals surface area contributed by atoms with Gasteiger partial charge in [0.05, 0.1) is 23.9 Å². The Morgan fingerprint density at radius 3 is 2.57 bits per heavy atom. The number of hydrogen-bond acceptors (Lipinski definition) is 3. The Labute approximate surface area is 165 Å². The van der Waals surface area contributed by atoms with Crippen molar-refractivity contribution in [3.05, 3.63) is 59.3 Å². The zero-order valence-corrected chi connectivity index (χ0v) is 16.4. The molecule has 1 fully saturated rings. The summed E-state index contributed by atoms with van der Waals surface area (Å²) < 4.78 is 7.75. The number of piperidine rings is 1. The molecule has 0 amide bonds. The number of carbonyl (C=O) groups is 1. The molecule has 1 aliphatic rings. The van der Waals surface area contributed by atoms with Gasteiger partial charge in [-0.1, -0.05) is 24.6 Å². The Hall–Kier alpha value is -2.79. The molecule has 2 heterocycles. The van der Waals surface area contributed by atoms with E-state index in [0.717, 1.165) is 30.8 Å². The Morgan fingerprint density at radius 1 is 1.11 bits per heavy atom. The van der Waals surface area contributed by atoms with E-state index in [2.05, 4.69) is 34.6 Å². The van der Waals surface area contributed by atoms with E-state index in [1.807, 2.05) is 12.1 Å². The first kappa shape index (κ1) is 18.6. The number of hydrogen-bond donors (Lipinski definition) is 1. The van der Waals surface area contributed by atoms with Gasteiger partial charge in [0.1, 0.15) is 5.75 Å². The summed E-state index contributed by atoms with van der Waals surface area (Å²) in [6.45, 7) is 5.38. The number of aromatic nitrogens is 1. The summed E-state index contributed by atoms with van der Waals surface area (Å²) in [6.07, 6.45) is 3.86. The van der Waals surface area contributed by atoms with Crippen molar-refractivity contribution in [2.75, 3.05) is 20.2 Å². The van der Waals surface area contributed by atoms with Gasteiger partial charge in [-0.15, -0.1) is 0 Å². The number of fused-ring (bicyclic) bond motifs is 1. The fourth-order valence-corrected chi connectivity index (χ4v) is 4.28. The van der Waals surface area contributed by atoms with Crippen LogP contribution in [0.15, 0.2) is 42.5 Å². The van der Waals surface area contributed by atoms with E-state index in [9.17, 15) is 9.90 Å². The Balaban J connectivity index is 1.86. The highest BCUT2D eigenvalue weighted by molar-refractivity contribution is 5.90. The number of nitrogens with zero attached hydrogens (tertiary/aromatic N) is 2. The summed E-state index contributed by atoms with van der Waals surface area (Å²) in [7, 11) is 1.58. The van der Waals surface area contributed by atoms with Gasteiger partial charge < -0.3 is 14.4 Å². The number of para-hydroxylation sites is 1. The summed E-state index contributed by atoms with van der Waals surface area (Å²) in [5, 5.41) is 10.6. The highest BCUT2D eigenvalue weighted by Crippen LogP contribution is 2.34. The first-order valence-corrected chi connectivity index (χ1v) is 9.83. The molecule has 4 rings (SSSR count). The number of rotatable bonds is 5. The van der Waals surface area contributed by atoms with Crippen LogP contribution in [0, 0.1) is 6.92 Å². The van der Waals surface area contributed by atoms with Crippen molar-refractivity contribution in [2.24, 2.45) is 0 Å². The van der Waals surface area contributed by atoms with Gasteiger partial charge in [-0.2, -0.15) is 0 Å². The third-order valence-corrected chi connectivity index (χ3v) is 5.74. The van der Waals surface area contributed by atoms with E-state index in [1.165, 1.54) is 35.9 Å². The number of ether oxygens (including phenoxy) is 1. The topological polar surface area (TPSA) is 54.7 Å². The van der Waals surface area contributed by atoms with E-state index in [0.29, 0.717) is 5.75 Å². The molecule has 0 aliphatic carbocycles. The van der Waals surface area contributed by atoms with E-state index >= 15 is 0 Å². The van der Waals surface area contributed by atoms with Crippen LogP contribution in [0.2, 0.25) is 0 Å². The smallest absolute Gasteiger partial charge is 0.335 e. The monoisotopic (exact) mass is 378 g/mol. The number of carboxylic acid groups (broad SMARTS) is 1. The summed E-state index contributed by atoms with van der Waals surface area (Å²) in [4.78, 5) is 13.9. The summed E-state index contributed by atoms with van der Waals surface area (Å²) in [5.74, 6) is -0.391. The lowest BCUT2D eigenvalue weighted by Gasteiger charge is -2.26. The van der Waals surface area contributed by atoms with Crippen LogP contribution in [-0.4, -0.2) is 40.7 Å². The molecule has 1 aromatic heterocycles. The molecule has 5 nitrogen and oxygen atoms in total. The van der Waals surface area contributed by atoms with Gasteiger partial charge in [0.25, 0.3) is 0 Å². The molecular weight excluding hydrogens is 352 g/mol. The number of carboxylic acids is 1. The molecule has 3 aromatic rings. The summed E-state index contributed by atoms with van der Waals surface area (Å²) >= 11 is 0. The quantitative estimate of drug-likeness (QED) is 0.703. The first-order chi connectivity index (χ1) is 13.6. The van der Waals surface area contributed by atoms with Crippen molar-refractivity contribution in [1.29, 1.82) is 0 Å². The summed E-state index contributed by atoms with van der Waals surface area (Å²) in [5.41, 5.74) is 4.72. The normalized spacial score (nSPS) is 15.1. The number of benzene rings is 2. The van der Waals surface area contributed by atoms with Crippen molar-refractivity contribution in [1.82, 2.24) is 9.47 Å². The molecule has 0 unspecified atom stereocenters.